The highest BCUT2D eigenvalue weighted by atomic mass is 32.2. The van der Waals surface area contributed by atoms with Crippen LogP contribution in [-0.4, -0.2) is 46.9 Å². The van der Waals surface area contributed by atoms with Gasteiger partial charge in [0.05, 0.1) is 17.3 Å². The molecular weight excluding hydrogens is 284 g/mol. The number of rotatable bonds is 7. The van der Waals surface area contributed by atoms with Crippen molar-refractivity contribution in [2.24, 2.45) is 0 Å². The Morgan fingerprint density at radius 3 is 2.57 bits per heavy atom. The number of para-hydroxylation sites is 1. The van der Waals surface area contributed by atoms with Crippen molar-refractivity contribution in [3.8, 4) is 0 Å². The number of amides is 1. The van der Waals surface area contributed by atoms with E-state index >= 15 is 0 Å². The second-order valence-electron chi connectivity index (χ2n) is 5.74. The molecular formula is C16H26N2O2S. The Morgan fingerprint density at radius 2 is 2.05 bits per heavy atom. The fourth-order valence-electron chi connectivity index (χ4n) is 2.17. The third-order valence-corrected chi connectivity index (χ3v) is 4.08. The van der Waals surface area contributed by atoms with Gasteiger partial charge in [-0.2, -0.15) is 0 Å². The van der Waals surface area contributed by atoms with E-state index in [0.29, 0.717) is 13.1 Å². The lowest BCUT2D eigenvalue weighted by Crippen LogP contribution is -2.48. The van der Waals surface area contributed by atoms with Crippen LogP contribution in [0.4, 0.5) is 5.69 Å². The molecule has 1 aromatic rings. The van der Waals surface area contributed by atoms with Crippen molar-refractivity contribution in [2.75, 3.05) is 24.7 Å². The minimum absolute atomic E-state index is 0.0531. The third kappa shape index (κ3) is 5.69. The molecule has 1 aromatic carbocycles. The average molecular weight is 310 g/mol. The van der Waals surface area contributed by atoms with Crippen molar-refractivity contribution in [1.29, 1.82) is 0 Å². The molecule has 1 rings (SSSR count). The van der Waals surface area contributed by atoms with Crippen molar-refractivity contribution < 1.29 is 9.90 Å². The smallest absolute Gasteiger partial charge is 0.241 e. The summed E-state index contributed by atoms with van der Waals surface area (Å²) in [5, 5.41) is 12.9. The second-order valence-corrected chi connectivity index (χ2v) is 6.59. The molecule has 1 atom stereocenters. The van der Waals surface area contributed by atoms with Crippen LogP contribution in [0, 0.1) is 0 Å². The van der Waals surface area contributed by atoms with E-state index in [0.717, 1.165) is 10.6 Å². The van der Waals surface area contributed by atoms with E-state index < -0.39 is 5.60 Å². The third-order valence-electron chi connectivity index (χ3n) is 3.29. The molecule has 0 saturated heterocycles. The number of likely N-dealkylation sites (N-methyl/N-ethyl adjacent to an activating group) is 1. The average Bonchev–Trinajstić information content (AvgIpc) is 2.43. The van der Waals surface area contributed by atoms with Crippen LogP contribution in [0.5, 0.6) is 0 Å². The zero-order valence-electron chi connectivity index (χ0n) is 13.5. The van der Waals surface area contributed by atoms with Gasteiger partial charge in [-0.25, -0.2) is 0 Å². The molecule has 2 N–H and O–H groups in total. The van der Waals surface area contributed by atoms with Crippen LogP contribution in [0.1, 0.15) is 27.7 Å². The summed E-state index contributed by atoms with van der Waals surface area (Å²) in [4.78, 5) is 15.4. The van der Waals surface area contributed by atoms with Crippen molar-refractivity contribution in [2.45, 2.75) is 44.2 Å². The first-order valence-corrected chi connectivity index (χ1v) is 8.41. The molecule has 0 spiro atoms. The SMILES string of the molecule is CCN(CC(C)(C)O)C(C)C(=O)Nc1ccccc1SC. The first-order valence-electron chi connectivity index (χ1n) is 7.18. The largest absolute Gasteiger partial charge is 0.389 e. The van der Waals surface area contributed by atoms with Crippen LogP contribution in [0.25, 0.3) is 0 Å². The molecule has 0 aromatic heterocycles. The molecule has 0 radical (unpaired) electrons. The van der Waals surface area contributed by atoms with Gasteiger partial charge in [0.15, 0.2) is 0 Å². The number of aliphatic hydroxyl groups is 1. The second kappa shape index (κ2) is 7.82. The number of hydrogen-bond donors (Lipinski definition) is 2. The summed E-state index contributed by atoms with van der Waals surface area (Å²) in [6.07, 6.45) is 1.99. The Morgan fingerprint density at radius 1 is 1.43 bits per heavy atom. The summed E-state index contributed by atoms with van der Waals surface area (Å²) >= 11 is 1.60. The van der Waals surface area contributed by atoms with E-state index in [-0.39, 0.29) is 11.9 Å². The van der Waals surface area contributed by atoms with Gasteiger partial charge in [0, 0.05) is 11.4 Å². The summed E-state index contributed by atoms with van der Waals surface area (Å²) < 4.78 is 0. The lowest BCUT2D eigenvalue weighted by molar-refractivity contribution is -0.121. The maximum absolute atomic E-state index is 12.4. The zero-order chi connectivity index (χ0) is 16.0. The fourth-order valence-corrected chi connectivity index (χ4v) is 2.72. The summed E-state index contributed by atoms with van der Waals surface area (Å²) in [5.41, 5.74) is 0.0167. The molecule has 0 aliphatic rings. The molecule has 0 bridgehead atoms. The quantitative estimate of drug-likeness (QED) is 0.760. The number of nitrogens with zero attached hydrogens (tertiary/aromatic N) is 1. The minimum Gasteiger partial charge on any atom is -0.389 e. The maximum atomic E-state index is 12.4. The van der Waals surface area contributed by atoms with Gasteiger partial charge in [-0.3, -0.25) is 9.69 Å². The van der Waals surface area contributed by atoms with E-state index in [2.05, 4.69) is 5.32 Å². The number of benzene rings is 1. The number of nitrogens with one attached hydrogen (secondary N) is 1. The van der Waals surface area contributed by atoms with Gasteiger partial charge < -0.3 is 10.4 Å². The van der Waals surface area contributed by atoms with Crippen LogP contribution in [0.15, 0.2) is 29.2 Å². The Bertz CT molecular complexity index is 472. The van der Waals surface area contributed by atoms with Crippen LogP contribution < -0.4 is 5.32 Å². The molecule has 0 heterocycles. The highest BCUT2D eigenvalue weighted by Crippen LogP contribution is 2.25. The summed E-state index contributed by atoms with van der Waals surface area (Å²) in [5.74, 6) is -0.0531. The molecule has 21 heavy (non-hydrogen) atoms. The van der Waals surface area contributed by atoms with Crippen LogP contribution in [0.2, 0.25) is 0 Å². The van der Waals surface area contributed by atoms with E-state index in [1.54, 1.807) is 25.6 Å². The van der Waals surface area contributed by atoms with Gasteiger partial charge in [-0.05, 0) is 45.7 Å². The Kier molecular flexibility index (Phi) is 6.71. The summed E-state index contributed by atoms with van der Waals surface area (Å²) in [7, 11) is 0. The molecule has 118 valence electrons. The Balaban J connectivity index is 2.77. The van der Waals surface area contributed by atoms with Gasteiger partial charge in [0.1, 0.15) is 0 Å². The minimum atomic E-state index is -0.818. The van der Waals surface area contributed by atoms with E-state index in [1.807, 2.05) is 49.3 Å². The van der Waals surface area contributed by atoms with Crippen molar-refractivity contribution in [3.05, 3.63) is 24.3 Å². The molecule has 0 saturated carbocycles. The molecule has 0 aliphatic heterocycles. The number of anilines is 1. The fraction of sp³-hybridized carbons (Fsp3) is 0.562. The topological polar surface area (TPSA) is 52.6 Å². The highest BCUT2D eigenvalue weighted by molar-refractivity contribution is 7.98. The predicted molar refractivity (Wildman–Crippen MR) is 89.9 cm³/mol. The van der Waals surface area contributed by atoms with Crippen molar-refractivity contribution >= 4 is 23.4 Å². The molecule has 5 heteroatoms. The van der Waals surface area contributed by atoms with Gasteiger partial charge >= 0.3 is 0 Å². The normalized spacial score (nSPS) is 13.3. The van der Waals surface area contributed by atoms with Crippen LogP contribution in [0.3, 0.4) is 0 Å². The zero-order valence-corrected chi connectivity index (χ0v) is 14.3. The van der Waals surface area contributed by atoms with E-state index in [9.17, 15) is 9.90 Å². The molecule has 1 amide bonds. The Hall–Kier alpha value is -1.04. The summed E-state index contributed by atoms with van der Waals surface area (Å²) in [6, 6.07) is 7.46. The molecule has 4 nitrogen and oxygen atoms in total. The molecule has 0 fully saturated rings. The lowest BCUT2D eigenvalue weighted by atomic mass is 10.1. The number of carbonyl (C=O) groups excluding carboxylic acids is 1. The van der Waals surface area contributed by atoms with Gasteiger partial charge in [-0.15, -0.1) is 11.8 Å². The summed E-state index contributed by atoms with van der Waals surface area (Å²) in [6.45, 7) is 8.54. The van der Waals surface area contributed by atoms with E-state index in [4.69, 9.17) is 0 Å². The number of thioether (sulfide) groups is 1. The van der Waals surface area contributed by atoms with Crippen molar-refractivity contribution in [1.82, 2.24) is 4.90 Å². The van der Waals surface area contributed by atoms with Gasteiger partial charge in [0.25, 0.3) is 0 Å². The lowest BCUT2D eigenvalue weighted by Gasteiger charge is -2.32. The van der Waals surface area contributed by atoms with E-state index in [1.165, 1.54) is 0 Å². The maximum Gasteiger partial charge on any atom is 0.241 e. The van der Waals surface area contributed by atoms with Crippen LogP contribution in [-0.2, 0) is 4.79 Å². The first-order chi connectivity index (χ1) is 9.78. The first kappa shape index (κ1) is 18.0. The standard InChI is InChI=1S/C16H26N2O2S/c1-6-18(11-16(3,4)20)12(2)15(19)17-13-9-7-8-10-14(13)21-5/h7-10,12,20H,6,11H2,1-5H3,(H,17,19). The monoisotopic (exact) mass is 310 g/mol. The number of hydrogen-bond acceptors (Lipinski definition) is 4. The van der Waals surface area contributed by atoms with Crippen molar-refractivity contribution in [3.63, 3.8) is 0 Å². The van der Waals surface area contributed by atoms with Crippen LogP contribution >= 0.6 is 11.8 Å². The highest BCUT2D eigenvalue weighted by Gasteiger charge is 2.25. The predicted octanol–water partition coefficient (Wildman–Crippen LogP) is 2.83. The number of carbonyl (C=O) groups is 1. The van der Waals surface area contributed by atoms with Gasteiger partial charge in [0.2, 0.25) is 5.91 Å². The van der Waals surface area contributed by atoms with Gasteiger partial charge in [-0.1, -0.05) is 19.1 Å². The molecule has 0 aliphatic carbocycles. The Labute approximate surface area is 131 Å². The molecule has 1 unspecified atom stereocenters.